The van der Waals surface area contributed by atoms with Crippen LogP contribution in [-0.4, -0.2) is 37.7 Å². The van der Waals surface area contributed by atoms with Crippen LogP contribution in [0.1, 0.15) is 35.2 Å². The molecule has 2 heterocycles. The molecule has 0 radical (unpaired) electrons. The molecular weight excluding hydrogens is 405 g/mol. The Morgan fingerprint density at radius 2 is 2.03 bits per heavy atom. The molecule has 3 rings (SSSR count). The average molecular weight is 426 g/mol. The van der Waals surface area contributed by atoms with Crippen LogP contribution in [0, 0.1) is 0 Å². The number of nitrogens with one attached hydrogen (secondary N) is 2. The van der Waals surface area contributed by atoms with Crippen molar-refractivity contribution >= 4 is 23.2 Å². The Bertz CT molecular complexity index is 862. The SMILES string of the molecule is O=C(CCOCC1CCCO1)Nc1ccc(NC(=O)c2ccoc2)cc1C(F)(F)F. The smallest absolute Gasteiger partial charge is 0.418 e. The standard InChI is InChI=1S/C20H21F3N2O5/c21-20(22,23)16-10-14(24-19(27)13-5-8-28-11-13)3-4-17(16)25-18(26)6-9-29-12-15-2-1-7-30-15/h3-5,8,10-11,15H,1-2,6-7,9,12H2,(H,24,27)(H,25,26). The van der Waals surface area contributed by atoms with Crippen molar-refractivity contribution in [3.63, 3.8) is 0 Å². The normalized spacial score (nSPS) is 16.4. The molecule has 1 aliphatic heterocycles. The predicted octanol–water partition coefficient (Wildman–Crippen LogP) is 4.07. The fourth-order valence-corrected chi connectivity index (χ4v) is 2.93. The Morgan fingerprint density at radius 3 is 2.70 bits per heavy atom. The molecule has 2 N–H and O–H groups in total. The van der Waals surface area contributed by atoms with Crippen molar-refractivity contribution in [1.82, 2.24) is 0 Å². The fourth-order valence-electron chi connectivity index (χ4n) is 2.93. The van der Waals surface area contributed by atoms with E-state index in [1.165, 1.54) is 24.7 Å². The number of halogens is 3. The highest BCUT2D eigenvalue weighted by Crippen LogP contribution is 2.36. The van der Waals surface area contributed by atoms with Crippen LogP contribution in [-0.2, 0) is 20.4 Å². The fraction of sp³-hybridized carbons (Fsp3) is 0.400. The minimum Gasteiger partial charge on any atom is -0.472 e. The second-order valence-electron chi connectivity index (χ2n) is 6.73. The third-order valence-electron chi connectivity index (χ3n) is 4.44. The van der Waals surface area contributed by atoms with E-state index in [0.29, 0.717) is 13.2 Å². The van der Waals surface area contributed by atoms with Crippen molar-refractivity contribution < 1.29 is 36.7 Å². The Hall–Kier alpha value is -2.85. The van der Waals surface area contributed by atoms with Gasteiger partial charge >= 0.3 is 6.18 Å². The molecule has 1 aliphatic rings. The average Bonchev–Trinajstić information content (AvgIpc) is 3.39. The highest BCUT2D eigenvalue weighted by atomic mass is 19.4. The maximum Gasteiger partial charge on any atom is 0.418 e. The largest absolute Gasteiger partial charge is 0.472 e. The van der Waals surface area contributed by atoms with Crippen molar-refractivity contribution in [1.29, 1.82) is 0 Å². The van der Waals surface area contributed by atoms with E-state index in [9.17, 15) is 22.8 Å². The Labute approximate surface area is 170 Å². The number of carbonyl (C=O) groups excluding carboxylic acids is 2. The minimum absolute atomic E-state index is 0.00898. The summed E-state index contributed by atoms with van der Waals surface area (Å²) in [6, 6.07) is 4.52. The van der Waals surface area contributed by atoms with Crippen LogP contribution in [0.3, 0.4) is 0 Å². The summed E-state index contributed by atoms with van der Waals surface area (Å²) in [6.45, 7) is 1.12. The van der Waals surface area contributed by atoms with E-state index in [-0.39, 0.29) is 30.4 Å². The van der Waals surface area contributed by atoms with E-state index in [0.717, 1.165) is 25.0 Å². The first-order valence-corrected chi connectivity index (χ1v) is 9.37. The van der Waals surface area contributed by atoms with E-state index in [1.54, 1.807) is 0 Å². The molecule has 2 amide bonds. The van der Waals surface area contributed by atoms with E-state index in [2.05, 4.69) is 10.6 Å². The van der Waals surface area contributed by atoms with Crippen molar-refractivity contribution in [3.8, 4) is 0 Å². The third-order valence-corrected chi connectivity index (χ3v) is 4.44. The van der Waals surface area contributed by atoms with Crippen molar-refractivity contribution in [2.45, 2.75) is 31.5 Å². The van der Waals surface area contributed by atoms with Gasteiger partial charge in [0.25, 0.3) is 5.91 Å². The number of benzene rings is 1. The molecule has 1 saturated heterocycles. The maximum absolute atomic E-state index is 13.5. The lowest BCUT2D eigenvalue weighted by Crippen LogP contribution is -2.20. The van der Waals surface area contributed by atoms with Crippen LogP contribution in [0.2, 0.25) is 0 Å². The molecule has 7 nitrogen and oxygen atoms in total. The Kier molecular flexibility index (Phi) is 7.11. The van der Waals surface area contributed by atoms with Gasteiger partial charge in [0, 0.05) is 12.3 Å². The molecule has 0 bridgehead atoms. The zero-order valence-electron chi connectivity index (χ0n) is 16.0. The molecule has 0 aliphatic carbocycles. The Balaban J connectivity index is 1.59. The summed E-state index contributed by atoms with van der Waals surface area (Å²) in [5, 5.41) is 4.62. The molecule has 1 aromatic carbocycles. The van der Waals surface area contributed by atoms with E-state index >= 15 is 0 Å². The highest BCUT2D eigenvalue weighted by Gasteiger charge is 2.34. The topological polar surface area (TPSA) is 89.8 Å². The first kappa shape index (κ1) is 21.8. The van der Waals surface area contributed by atoms with Gasteiger partial charge in [0.05, 0.1) is 48.8 Å². The quantitative estimate of drug-likeness (QED) is 0.621. The number of furan rings is 1. The van der Waals surface area contributed by atoms with Gasteiger partial charge in [0.2, 0.25) is 5.91 Å². The van der Waals surface area contributed by atoms with Crippen LogP contribution in [0.5, 0.6) is 0 Å². The summed E-state index contributed by atoms with van der Waals surface area (Å²) in [5.74, 6) is -1.22. The first-order chi connectivity index (χ1) is 14.3. The zero-order chi connectivity index (χ0) is 21.6. The van der Waals surface area contributed by atoms with Crippen LogP contribution >= 0.6 is 0 Å². The zero-order valence-corrected chi connectivity index (χ0v) is 16.0. The molecule has 162 valence electrons. The summed E-state index contributed by atoms with van der Waals surface area (Å²) in [6.07, 6.45) is -0.500. The van der Waals surface area contributed by atoms with Crippen LogP contribution in [0.25, 0.3) is 0 Å². The van der Waals surface area contributed by atoms with Crippen molar-refractivity contribution in [3.05, 3.63) is 47.9 Å². The maximum atomic E-state index is 13.5. The summed E-state index contributed by atoms with van der Waals surface area (Å²) in [4.78, 5) is 24.0. The third kappa shape index (κ3) is 6.07. The molecule has 1 atom stereocenters. The number of rotatable bonds is 8. The second kappa shape index (κ2) is 9.77. The lowest BCUT2D eigenvalue weighted by atomic mass is 10.1. The molecule has 0 saturated carbocycles. The van der Waals surface area contributed by atoms with Gasteiger partial charge in [-0.25, -0.2) is 0 Å². The van der Waals surface area contributed by atoms with E-state index in [1.807, 2.05) is 0 Å². The van der Waals surface area contributed by atoms with Gasteiger partial charge in [0.15, 0.2) is 0 Å². The summed E-state index contributed by atoms with van der Waals surface area (Å²) < 4.78 is 55.9. The molecule has 0 spiro atoms. The molecule has 10 heteroatoms. The number of hydrogen-bond donors (Lipinski definition) is 2. The van der Waals surface area contributed by atoms with Gasteiger partial charge < -0.3 is 24.5 Å². The lowest BCUT2D eigenvalue weighted by Gasteiger charge is -2.16. The predicted molar refractivity (Wildman–Crippen MR) is 101 cm³/mol. The van der Waals surface area contributed by atoms with Gasteiger partial charge in [-0.05, 0) is 37.1 Å². The lowest BCUT2D eigenvalue weighted by molar-refractivity contribution is -0.136. The van der Waals surface area contributed by atoms with E-state index in [4.69, 9.17) is 13.9 Å². The van der Waals surface area contributed by atoms with Crippen molar-refractivity contribution in [2.75, 3.05) is 30.5 Å². The molecule has 1 unspecified atom stereocenters. The van der Waals surface area contributed by atoms with Gasteiger partial charge in [-0.1, -0.05) is 0 Å². The van der Waals surface area contributed by atoms with Crippen LogP contribution < -0.4 is 10.6 Å². The van der Waals surface area contributed by atoms with Crippen LogP contribution in [0.15, 0.2) is 41.2 Å². The minimum atomic E-state index is -4.73. The Morgan fingerprint density at radius 1 is 1.20 bits per heavy atom. The van der Waals surface area contributed by atoms with Crippen molar-refractivity contribution in [2.24, 2.45) is 0 Å². The molecule has 2 aromatic rings. The number of ether oxygens (including phenoxy) is 2. The summed E-state index contributed by atoms with van der Waals surface area (Å²) in [7, 11) is 0. The summed E-state index contributed by atoms with van der Waals surface area (Å²) in [5.41, 5.74) is -1.36. The van der Waals surface area contributed by atoms with E-state index < -0.39 is 29.2 Å². The van der Waals surface area contributed by atoms with Gasteiger partial charge in [0.1, 0.15) is 6.26 Å². The number of hydrogen-bond acceptors (Lipinski definition) is 5. The van der Waals surface area contributed by atoms with Gasteiger partial charge in [-0.15, -0.1) is 0 Å². The number of anilines is 2. The molecule has 1 aromatic heterocycles. The highest BCUT2D eigenvalue weighted by molar-refractivity contribution is 6.04. The number of alkyl halides is 3. The van der Waals surface area contributed by atoms with Gasteiger partial charge in [-0.3, -0.25) is 9.59 Å². The monoisotopic (exact) mass is 426 g/mol. The molecular formula is C20H21F3N2O5. The summed E-state index contributed by atoms with van der Waals surface area (Å²) >= 11 is 0. The number of amides is 2. The van der Waals surface area contributed by atoms with Crippen LogP contribution in [0.4, 0.5) is 24.5 Å². The number of carbonyl (C=O) groups is 2. The molecule has 30 heavy (non-hydrogen) atoms. The van der Waals surface area contributed by atoms with Gasteiger partial charge in [-0.2, -0.15) is 13.2 Å². The first-order valence-electron chi connectivity index (χ1n) is 9.37. The molecule has 1 fully saturated rings. The second-order valence-corrected chi connectivity index (χ2v) is 6.73.